The number of hydrogen-bond acceptors (Lipinski definition) is 2. The molecule has 1 N–H and O–H groups in total. The third kappa shape index (κ3) is 2.55. The molecule has 0 fully saturated rings. The van der Waals surface area contributed by atoms with E-state index in [-0.39, 0.29) is 11.9 Å². The molecule has 1 atom stereocenters. The highest BCUT2D eigenvalue weighted by molar-refractivity contribution is 9.10. The Hall–Kier alpha value is -0.420. The molecule has 5 heteroatoms. The van der Waals surface area contributed by atoms with E-state index in [0.717, 1.165) is 4.88 Å². The van der Waals surface area contributed by atoms with Gasteiger partial charge in [-0.25, -0.2) is 4.39 Å². The van der Waals surface area contributed by atoms with Gasteiger partial charge in [-0.2, -0.15) is 0 Å². The molecule has 0 aliphatic rings. The topological polar surface area (TPSA) is 12.0 Å². The second-order valence-corrected chi connectivity index (χ2v) is 5.71. The number of hydrogen-bond donors (Lipinski definition) is 1. The molecule has 1 unspecified atom stereocenters. The van der Waals surface area contributed by atoms with E-state index in [4.69, 9.17) is 11.6 Å². The van der Waals surface area contributed by atoms with E-state index in [9.17, 15) is 4.39 Å². The summed E-state index contributed by atoms with van der Waals surface area (Å²) in [5.74, 6) is -0.253. The predicted octanol–water partition coefficient (Wildman–Crippen LogP) is 4.61. The largest absolute Gasteiger partial charge is 0.309 e. The van der Waals surface area contributed by atoms with Crippen LogP contribution in [0.5, 0.6) is 0 Å². The molecule has 0 amide bonds. The summed E-state index contributed by atoms with van der Waals surface area (Å²) in [5, 5.41) is 5.66. The molecule has 1 aromatic carbocycles. The summed E-state index contributed by atoms with van der Waals surface area (Å²) in [7, 11) is 1.79. The molecular formula is C12H10BrClFNS. The summed E-state index contributed by atoms with van der Waals surface area (Å²) in [4.78, 5) is 0.922. The van der Waals surface area contributed by atoms with Gasteiger partial charge >= 0.3 is 0 Å². The SMILES string of the molecule is CNC(c1cccc(Br)c1F)c1sccc1Cl. The molecule has 1 aromatic heterocycles. The van der Waals surface area contributed by atoms with Crippen molar-refractivity contribution in [3.8, 4) is 0 Å². The third-order valence-electron chi connectivity index (χ3n) is 2.49. The smallest absolute Gasteiger partial charge is 0.142 e. The third-order valence-corrected chi connectivity index (χ3v) is 4.52. The zero-order chi connectivity index (χ0) is 12.4. The van der Waals surface area contributed by atoms with Crippen molar-refractivity contribution in [1.82, 2.24) is 5.32 Å². The zero-order valence-corrected chi connectivity index (χ0v) is 12.2. The minimum absolute atomic E-state index is 0.222. The average Bonchev–Trinajstić information content (AvgIpc) is 2.72. The standard InChI is InChI=1S/C12H10BrClFNS/c1-16-11(12-9(14)5-6-17-12)7-3-2-4-8(13)10(7)15/h2-6,11,16H,1H3. The van der Waals surface area contributed by atoms with Crippen LogP contribution in [0.2, 0.25) is 5.02 Å². The molecule has 1 heterocycles. The van der Waals surface area contributed by atoms with E-state index in [1.165, 1.54) is 11.3 Å². The summed E-state index contributed by atoms with van der Waals surface area (Å²) < 4.78 is 14.5. The lowest BCUT2D eigenvalue weighted by molar-refractivity contribution is 0.574. The molecule has 0 saturated carbocycles. The highest BCUT2D eigenvalue weighted by Gasteiger charge is 2.20. The Morgan fingerprint density at radius 3 is 2.76 bits per heavy atom. The van der Waals surface area contributed by atoms with Crippen molar-refractivity contribution in [3.05, 3.63) is 55.4 Å². The Balaban J connectivity index is 2.50. The number of thiophene rings is 1. The molecule has 1 nitrogen and oxygen atoms in total. The summed E-state index contributed by atoms with van der Waals surface area (Å²) in [6.07, 6.45) is 0. The zero-order valence-electron chi connectivity index (χ0n) is 9.01. The summed E-state index contributed by atoms with van der Waals surface area (Å²) >= 11 is 10.8. The van der Waals surface area contributed by atoms with E-state index >= 15 is 0 Å². The van der Waals surface area contributed by atoms with Gasteiger partial charge in [0.25, 0.3) is 0 Å². The summed E-state index contributed by atoms with van der Waals surface area (Å²) in [5.41, 5.74) is 0.589. The van der Waals surface area contributed by atoms with Crippen molar-refractivity contribution in [2.45, 2.75) is 6.04 Å². The fraction of sp³-hybridized carbons (Fsp3) is 0.167. The Labute approximate surface area is 117 Å². The molecule has 2 rings (SSSR count). The Morgan fingerprint density at radius 2 is 2.18 bits per heavy atom. The summed E-state index contributed by atoms with van der Waals surface area (Å²) in [6.45, 7) is 0. The van der Waals surface area contributed by atoms with Gasteiger partial charge < -0.3 is 5.32 Å². The molecule has 0 aliphatic carbocycles. The van der Waals surface area contributed by atoms with Crippen molar-refractivity contribution in [2.24, 2.45) is 0 Å². The predicted molar refractivity (Wildman–Crippen MR) is 74.3 cm³/mol. The molecule has 2 aromatic rings. The maximum atomic E-state index is 14.0. The van der Waals surface area contributed by atoms with Crippen LogP contribution in [0.15, 0.2) is 34.1 Å². The van der Waals surface area contributed by atoms with Crippen LogP contribution in [0.4, 0.5) is 4.39 Å². The molecule has 0 bridgehead atoms. The lowest BCUT2D eigenvalue weighted by Gasteiger charge is -2.17. The van der Waals surface area contributed by atoms with E-state index < -0.39 is 0 Å². The normalized spacial score (nSPS) is 12.7. The molecule has 90 valence electrons. The molecule has 17 heavy (non-hydrogen) atoms. The fourth-order valence-corrected chi connectivity index (χ4v) is 3.36. The average molecular weight is 335 g/mol. The molecule has 0 saturated heterocycles. The van der Waals surface area contributed by atoms with Gasteiger partial charge in [0, 0.05) is 10.4 Å². The first-order valence-electron chi connectivity index (χ1n) is 4.99. The van der Waals surface area contributed by atoms with Gasteiger partial charge in [-0.1, -0.05) is 23.7 Å². The minimum Gasteiger partial charge on any atom is -0.309 e. The Kier molecular flexibility index (Phi) is 4.20. The minimum atomic E-state index is -0.253. The van der Waals surface area contributed by atoms with Crippen molar-refractivity contribution < 1.29 is 4.39 Å². The highest BCUT2D eigenvalue weighted by Crippen LogP contribution is 2.35. The van der Waals surface area contributed by atoms with Crippen LogP contribution >= 0.6 is 38.9 Å². The van der Waals surface area contributed by atoms with Crippen LogP contribution in [0.1, 0.15) is 16.5 Å². The van der Waals surface area contributed by atoms with Crippen molar-refractivity contribution in [2.75, 3.05) is 7.05 Å². The van der Waals surface area contributed by atoms with Crippen LogP contribution in [0.25, 0.3) is 0 Å². The van der Waals surface area contributed by atoms with E-state index in [1.807, 2.05) is 17.5 Å². The first-order chi connectivity index (χ1) is 8.15. The molecule has 0 radical (unpaired) electrons. The first-order valence-corrected chi connectivity index (χ1v) is 7.04. The van der Waals surface area contributed by atoms with Crippen LogP contribution in [0, 0.1) is 5.82 Å². The van der Waals surface area contributed by atoms with Crippen molar-refractivity contribution in [3.63, 3.8) is 0 Å². The van der Waals surface area contributed by atoms with E-state index in [1.54, 1.807) is 19.2 Å². The second kappa shape index (κ2) is 5.48. The maximum Gasteiger partial charge on any atom is 0.142 e. The monoisotopic (exact) mass is 333 g/mol. The lowest BCUT2D eigenvalue weighted by atomic mass is 10.1. The Morgan fingerprint density at radius 1 is 1.41 bits per heavy atom. The number of rotatable bonds is 3. The van der Waals surface area contributed by atoms with Crippen LogP contribution in [-0.2, 0) is 0 Å². The van der Waals surface area contributed by atoms with E-state index in [2.05, 4.69) is 21.2 Å². The van der Waals surface area contributed by atoms with Crippen LogP contribution in [0.3, 0.4) is 0 Å². The highest BCUT2D eigenvalue weighted by atomic mass is 79.9. The summed E-state index contributed by atoms with van der Waals surface area (Å²) in [6, 6.07) is 6.86. The van der Waals surface area contributed by atoms with Gasteiger partial charge in [0.15, 0.2) is 0 Å². The second-order valence-electron chi connectivity index (χ2n) is 3.50. The molecule has 0 spiro atoms. The molecular weight excluding hydrogens is 325 g/mol. The van der Waals surface area contributed by atoms with Gasteiger partial charge in [0.1, 0.15) is 5.82 Å². The van der Waals surface area contributed by atoms with Gasteiger partial charge in [0.2, 0.25) is 0 Å². The van der Waals surface area contributed by atoms with Gasteiger partial charge in [-0.3, -0.25) is 0 Å². The Bertz CT molecular complexity index is 529. The number of halogens is 3. The van der Waals surface area contributed by atoms with Crippen molar-refractivity contribution >= 4 is 38.9 Å². The van der Waals surface area contributed by atoms with E-state index in [0.29, 0.717) is 15.1 Å². The van der Waals surface area contributed by atoms with Gasteiger partial charge in [0.05, 0.1) is 15.5 Å². The van der Waals surface area contributed by atoms with Crippen LogP contribution < -0.4 is 5.32 Å². The fourth-order valence-electron chi connectivity index (χ4n) is 1.68. The van der Waals surface area contributed by atoms with Gasteiger partial charge in [-0.15, -0.1) is 11.3 Å². The quantitative estimate of drug-likeness (QED) is 0.864. The number of nitrogens with one attached hydrogen (secondary N) is 1. The number of benzene rings is 1. The maximum absolute atomic E-state index is 14.0. The van der Waals surface area contributed by atoms with Crippen molar-refractivity contribution in [1.29, 1.82) is 0 Å². The molecule has 0 aliphatic heterocycles. The lowest BCUT2D eigenvalue weighted by Crippen LogP contribution is -2.18. The first kappa shape index (κ1) is 13.0. The van der Waals surface area contributed by atoms with Gasteiger partial charge in [-0.05, 0) is 40.5 Å². The van der Waals surface area contributed by atoms with Crippen LogP contribution in [-0.4, -0.2) is 7.05 Å².